The average Bonchev–Trinajstić information content (AvgIpc) is 3.70. The molecule has 0 radical (unpaired) electrons. The van der Waals surface area contributed by atoms with Gasteiger partial charge in [-0.2, -0.15) is 0 Å². The minimum Gasteiger partial charge on any atom is -0.309 e. The predicted octanol–water partition coefficient (Wildman–Crippen LogP) is 13.2. The van der Waals surface area contributed by atoms with Crippen LogP contribution in [0.15, 0.2) is 188 Å². The summed E-state index contributed by atoms with van der Waals surface area (Å²) in [6.07, 6.45) is 0. The summed E-state index contributed by atoms with van der Waals surface area (Å²) in [7, 11) is 0. The Bertz CT molecular complexity index is 2910. The molecule has 0 bridgehead atoms. The summed E-state index contributed by atoms with van der Waals surface area (Å²) in [6, 6.07) is 68.6. The van der Waals surface area contributed by atoms with E-state index in [0.29, 0.717) is 0 Å². The first-order valence-corrected chi connectivity index (χ1v) is 17.6. The monoisotopic (exact) mass is 650 g/mol. The number of rotatable bonds is 5. The zero-order chi connectivity index (χ0) is 33.9. The summed E-state index contributed by atoms with van der Waals surface area (Å²) in [5, 5.41) is 5.04. The molecule has 10 rings (SSSR count). The van der Waals surface area contributed by atoms with Crippen LogP contribution in [-0.2, 0) is 0 Å². The van der Waals surface area contributed by atoms with E-state index < -0.39 is 0 Å². The van der Waals surface area contributed by atoms with E-state index in [1.165, 1.54) is 88.2 Å². The van der Waals surface area contributed by atoms with Crippen molar-refractivity contribution in [2.24, 2.45) is 0 Å². The number of nitrogens with zero attached hydrogens (tertiary/aromatic N) is 2. The number of hydrogen-bond donors (Lipinski definition) is 0. The molecule has 0 aliphatic heterocycles. The Morgan fingerprint density at radius 1 is 0.275 bits per heavy atom. The van der Waals surface area contributed by atoms with Gasteiger partial charge in [-0.25, -0.2) is 0 Å². The first-order chi connectivity index (χ1) is 25.2. The number of aryl methyl sites for hydroxylation is 1. The van der Waals surface area contributed by atoms with Crippen LogP contribution in [0.25, 0.3) is 88.4 Å². The van der Waals surface area contributed by atoms with Gasteiger partial charge in [0, 0.05) is 32.9 Å². The van der Waals surface area contributed by atoms with Crippen LogP contribution in [0.2, 0.25) is 0 Å². The minimum absolute atomic E-state index is 1.16. The van der Waals surface area contributed by atoms with E-state index in [4.69, 9.17) is 0 Å². The molecule has 8 aromatic carbocycles. The molecule has 240 valence electrons. The van der Waals surface area contributed by atoms with Crippen LogP contribution < -0.4 is 0 Å². The van der Waals surface area contributed by atoms with Gasteiger partial charge in [-0.1, -0.05) is 127 Å². The summed E-state index contributed by atoms with van der Waals surface area (Å²) >= 11 is 0. The molecule has 0 N–H and O–H groups in total. The highest BCUT2D eigenvalue weighted by atomic mass is 15.0. The molecular formula is C49H34N2. The van der Waals surface area contributed by atoms with Gasteiger partial charge in [-0.15, -0.1) is 0 Å². The van der Waals surface area contributed by atoms with Gasteiger partial charge in [0.2, 0.25) is 0 Å². The van der Waals surface area contributed by atoms with Crippen LogP contribution in [0, 0.1) is 6.92 Å². The maximum absolute atomic E-state index is 2.42. The van der Waals surface area contributed by atoms with Crippen molar-refractivity contribution in [3.05, 3.63) is 194 Å². The number of fused-ring (bicyclic) bond motifs is 6. The largest absolute Gasteiger partial charge is 0.309 e. The molecule has 0 saturated carbocycles. The normalized spacial score (nSPS) is 11.6. The highest BCUT2D eigenvalue weighted by molar-refractivity contribution is 6.13. The molecule has 2 nitrogen and oxygen atoms in total. The molecule has 0 aliphatic rings. The summed E-state index contributed by atoms with van der Waals surface area (Å²) in [5.74, 6) is 0. The molecule has 0 aliphatic carbocycles. The Hall–Kier alpha value is -6.64. The Kier molecular flexibility index (Phi) is 6.75. The van der Waals surface area contributed by atoms with Crippen molar-refractivity contribution >= 4 is 43.6 Å². The maximum Gasteiger partial charge on any atom is 0.0541 e. The fraction of sp³-hybridized carbons (Fsp3) is 0.0204. The zero-order valence-corrected chi connectivity index (χ0v) is 28.3. The van der Waals surface area contributed by atoms with Gasteiger partial charge >= 0.3 is 0 Å². The Balaban J connectivity index is 1.13. The van der Waals surface area contributed by atoms with Gasteiger partial charge in [-0.05, 0) is 107 Å². The molecule has 0 saturated heterocycles. The second-order valence-corrected chi connectivity index (χ2v) is 13.5. The van der Waals surface area contributed by atoms with Gasteiger partial charge in [-0.3, -0.25) is 0 Å². The quantitative estimate of drug-likeness (QED) is 0.175. The predicted molar refractivity (Wildman–Crippen MR) is 216 cm³/mol. The Morgan fingerprint density at radius 3 is 1.25 bits per heavy atom. The average molecular weight is 651 g/mol. The Morgan fingerprint density at radius 2 is 0.686 bits per heavy atom. The van der Waals surface area contributed by atoms with Crippen LogP contribution in [0.3, 0.4) is 0 Å². The first kappa shape index (κ1) is 29.3. The van der Waals surface area contributed by atoms with Gasteiger partial charge in [0.05, 0.1) is 22.1 Å². The minimum atomic E-state index is 1.16. The van der Waals surface area contributed by atoms with E-state index in [1.807, 2.05) is 0 Å². The van der Waals surface area contributed by atoms with E-state index in [2.05, 4.69) is 204 Å². The fourth-order valence-electron chi connectivity index (χ4n) is 7.94. The number of aromatic nitrogens is 2. The molecule has 2 heteroatoms. The lowest BCUT2D eigenvalue weighted by molar-refractivity contribution is 1.18. The van der Waals surface area contributed by atoms with Crippen LogP contribution in [-0.4, -0.2) is 9.13 Å². The van der Waals surface area contributed by atoms with Crippen molar-refractivity contribution in [3.63, 3.8) is 0 Å². The summed E-state index contributed by atoms with van der Waals surface area (Å²) in [5.41, 5.74) is 15.7. The van der Waals surface area contributed by atoms with E-state index in [-0.39, 0.29) is 0 Å². The molecule has 51 heavy (non-hydrogen) atoms. The molecule has 0 spiro atoms. The number of para-hydroxylation sites is 1. The Labute approximate surface area is 297 Å². The molecule has 2 aromatic heterocycles. The topological polar surface area (TPSA) is 9.86 Å². The second kappa shape index (κ2) is 11.8. The molecule has 0 amide bonds. The van der Waals surface area contributed by atoms with Crippen molar-refractivity contribution in [3.8, 4) is 44.8 Å². The van der Waals surface area contributed by atoms with Crippen LogP contribution in [0.1, 0.15) is 5.56 Å². The van der Waals surface area contributed by atoms with Crippen molar-refractivity contribution in [1.29, 1.82) is 0 Å². The van der Waals surface area contributed by atoms with Gasteiger partial charge in [0.15, 0.2) is 0 Å². The molecule has 0 atom stereocenters. The van der Waals surface area contributed by atoms with Gasteiger partial charge in [0.1, 0.15) is 0 Å². The number of benzene rings is 8. The van der Waals surface area contributed by atoms with Gasteiger partial charge in [0.25, 0.3) is 0 Å². The van der Waals surface area contributed by atoms with Crippen molar-refractivity contribution in [1.82, 2.24) is 9.13 Å². The SMILES string of the molecule is Cc1ccc2c(c1)c1cc(-c3ccc4c(c3)c3ccccc3n4-c3cccc(-c4ccccc4)c3)ccc1n2-c1cccc(-c2ccccc2)c1. The van der Waals surface area contributed by atoms with Gasteiger partial charge < -0.3 is 9.13 Å². The standard InChI is InChI=1S/C49H34N2/c1-33-22-25-47-43(28-33)45-32-39(24-27-49(45)51(47)41-19-11-17-37(30-41)35-14-6-3-7-15-35)38-23-26-48-44(31-38)42-20-8-9-21-46(42)50(48)40-18-10-16-36(29-40)34-12-4-2-5-13-34/h2-32H,1H3. The number of hydrogen-bond acceptors (Lipinski definition) is 0. The molecular weight excluding hydrogens is 617 g/mol. The second-order valence-electron chi connectivity index (χ2n) is 13.5. The summed E-state index contributed by atoms with van der Waals surface area (Å²) in [6.45, 7) is 2.18. The highest BCUT2D eigenvalue weighted by Gasteiger charge is 2.17. The van der Waals surface area contributed by atoms with E-state index >= 15 is 0 Å². The van der Waals surface area contributed by atoms with E-state index in [1.54, 1.807) is 0 Å². The van der Waals surface area contributed by atoms with Crippen LogP contribution in [0.5, 0.6) is 0 Å². The first-order valence-electron chi connectivity index (χ1n) is 17.6. The highest BCUT2D eigenvalue weighted by Crippen LogP contribution is 2.39. The summed E-state index contributed by atoms with van der Waals surface area (Å²) in [4.78, 5) is 0. The van der Waals surface area contributed by atoms with Crippen LogP contribution in [0.4, 0.5) is 0 Å². The molecule has 0 fully saturated rings. The lowest BCUT2D eigenvalue weighted by Gasteiger charge is -2.11. The third-order valence-electron chi connectivity index (χ3n) is 10.3. The van der Waals surface area contributed by atoms with Crippen molar-refractivity contribution in [2.45, 2.75) is 6.92 Å². The molecule has 10 aromatic rings. The smallest absolute Gasteiger partial charge is 0.0541 e. The lowest BCUT2D eigenvalue weighted by atomic mass is 10.00. The van der Waals surface area contributed by atoms with Crippen LogP contribution >= 0.6 is 0 Å². The molecule has 0 unspecified atom stereocenters. The van der Waals surface area contributed by atoms with Crippen molar-refractivity contribution < 1.29 is 0 Å². The lowest BCUT2D eigenvalue weighted by Crippen LogP contribution is -1.94. The third kappa shape index (κ3) is 4.87. The maximum atomic E-state index is 2.42. The fourth-order valence-corrected chi connectivity index (χ4v) is 7.94. The van der Waals surface area contributed by atoms with E-state index in [9.17, 15) is 0 Å². The molecule has 2 heterocycles. The third-order valence-corrected chi connectivity index (χ3v) is 10.3. The summed E-state index contributed by atoms with van der Waals surface area (Å²) < 4.78 is 4.82. The zero-order valence-electron chi connectivity index (χ0n) is 28.3. The van der Waals surface area contributed by atoms with Crippen molar-refractivity contribution in [2.75, 3.05) is 0 Å². The van der Waals surface area contributed by atoms with E-state index in [0.717, 1.165) is 5.69 Å².